The first-order chi connectivity index (χ1) is 5.42. The Hall–Kier alpha value is -0.0105. The van der Waals surface area contributed by atoms with Crippen LogP contribution in [0.4, 0.5) is 0 Å². The van der Waals surface area contributed by atoms with Crippen molar-refractivity contribution in [2.24, 2.45) is 5.41 Å². The molecule has 0 aromatic carbocycles. The van der Waals surface area contributed by atoms with E-state index in [1.807, 2.05) is 0 Å². The van der Waals surface area contributed by atoms with Gasteiger partial charge in [-0.2, -0.15) is 0 Å². The number of hydrogen-bond donors (Lipinski definition) is 1. The number of rotatable bonds is 5. The summed E-state index contributed by atoms with van der Waals surface area (Å²) in [6.07, 6.45) is 4.53. The fraction of sp³-hybridized carbons (Fsp3) is 0.900. The quantitative estimate of drug-likeness (QED) is 0.580. The molecule has 0 saturated heterocycles. The molecular formula is C10H20FeO2. The van der Waals surface area contributed by atoms with Crippen molar-refractivity contribution in [1.82, 2.24) is 0 Å². The second-order valence-corrected chi connectivity index (χ2v) is 4.52. The van der Waals surface area contributed by atoms with Gasteiger partial charge < -0.3 is 5.11 Å². The van der Waals surface area contributed by atoms with Gasteiger partial charge in [0.05, 0.1) is 0 Å². The largest absolute Gasteiger partial charge is 0.481 e. The van der Waals surface area contributed by atoms with Gasteiger partial charge in [-0.25, -0.2) is 0 Å². The van der Waals surface area contributed by atoms with Gasteiger partial charge in [0.1, 0.15) is 0 Å². The van der Waals surface area contributed by atoms with Gasteiger partial charge in [-0.05, 0) is 18.3 Å². The molecule has 0 rings (SSSR count). The maximum absolute atomic E-state index is 10.2. The maximum Gasteiger partial charge on any atom is 0.303 e. The van der Waals surface area contributed by atoms with E-state index >= 15 is 0 Å². The van der Waals surface area contributed by atoms with Gasteiger partial charge in [-0.1, -0.05) is 33.6 Å². The maximum atomic E-state index is 10.2. The SMILES string of the molecule is CC(C)(C)CCCCCC(=O)O.[Fe]. The molecule has 13 heavy (non-hydrogen) atoms. The summed E-state index contributed by atoms with van der Waals surface area (Å²) < 4.78 is 0. The summed E-state index contributed by atoms with van der Waals surface area (Å²) in [5.41, 5.74) is 0.392. The van der Waals surface area contributed by atoms with Crippen molar-refractivity contribution in [2.75, 3.05) is 0 Å². The predicted molar refractivity (Wildman–Crippen MR) is 50.2 cm³/mol. The topological polar surface area (TPSA) is 37.3 Å². The van der Waals surface area contributed by atoms with Crippen LogP contribution in [0.25, 0.3) is 0 Å². The Morgan fingerprint density at radius 1 is 1.15 bits per heavy atom. The number of carboxylic acid groups (broad SMARTS) is 1. The van der Waals surface area contributed by atoms with Crippen molar-refractivity contribution < 1.29 is 27.0 Å². The molecule has 3 heteroatoms. The number of aliphatic carboxylic acids is 1. The Kier molecular flexibility index (Phi) is 8.80. The number of unbranched alkanes of at least 4 members (excludes halogenated alkanes) is 2. The standard InChI is InChI=1S/C10H20O2.Fe/c1-10(2,3)8-6-4-5-7-9(11)12;/h4-8H2,1-3H3,(H,11,12);. The van der Waals surface area contributed by atoms with E-state index in [0.717, 1.165) is 19.3 Å². The van der Waals surface area contributed by atoms with E-state index in [1.165, 1.54) is 6.42 Å². The van der Waals surface area contributed by atoms with E-state index in [2.05, 4.69) is 20.8 Å². The number of carbonyl (C=O) groups is 1. The summed E-state index contributed by atoms with van der Waals surface area (Å²) in [5, 5.41) is 8.37. The normalized spacial score (nSPS) is 10.7. The second-order valence-electron chi connectivity index (χ2n) is 4.52. The zero-order valence-corrected chi connectivity index (χ0v) is 9.85. The van der Waals surface area contributed by atoms with Crippen LogP contribution < -0.4 is 0 Å². The fourth-order valence-electron chi connectivity index (χ4n) is 1.11. The van der Waals surface area contributed by atoms with E-state index in [-0.39, 0.29) is 17.1 Å². The molecule has 0 fully saturated rings. The second kappa shape index (κ2) is 7.40. The average Bonchev–Trinajstić information content (AvgIpc) is 1.83. The molecule has 0 aromatic heterocycles. The van der Waals surface area contributed by atoms with Crippen LogP contribution in [0, 0.1) is 5.41 Å². The molecule has 0 aliphatic rings. The van der Waals surface area contributed by atoms with Gasteiger partial charge in [0.25, 0.3) is 0 Å². The molecule has 0 amide bonds. The Balaban J connectivity index is 0. The van der Waals surface area contributed by atoms with Crippen LogP contribution >= 0.6 is 0 Å². The molecule has 0 radical (unpaired) electrons. The van der Waals surface area contributed by atoms with Gasteiger partial charge in [-0.15, -0.1) is 0 Å². The summed E-state index contributed by atoms with van der Waals surface area (Å²) in [6.45, 7) is 6.64. The van der Waals surface area contributed by atoms with Crippen molar-refractivity contribution >= 4 is 5.97 Å². The number of carboxylic acids is 1. The first kappa shape index (κ1) is 15.5. The van der Waals surface area contributed by atoms with E-state index in [4.69, 9.17) is 5.11 Å². The third-order valence-electron chi connectivity index (χ3n) is 1.82. The molecular weight excluding hydrogens is 208 g/mol. The van der Waals surface area contributed by atoms with Crippen LogP contribution in [0.1, 0.15) is 52.9 Å². The van der Waals surface area contributed by atoms with Crippen LogP contribution in [0.15, 0.2) is 0 Å². The van der Waals surface area contributed by atoms with Crippen LogP contribution in [0.5, 0.6) is 0 Å². The molecule has 0 bridgehead atoms. The van der Waals surface area contributed by atoms with Gasteiger partial charge in [0, 0.05) is 23.5 Å². The molecule has 0 heterocycles. The first-order valence-corrected chi connectivity index (χ1v) is 4.63. The third-order valence-corrected chi connectivity index (χ3v) is 1.82. The molecule has 0 atom stereocenters. The monoisotopic (exact) mass is 228 g/mol. The Bertz CT molecular complexity index is 138. The molecule has 0 aromatic rings. The Morgan fingerprint density at radius 3 is 2.08 bits per heavy atom. The van der Waals surface area contributed by atoms with Crippen molar-refractivity contribution in [1.29, 1.82) is 0 Å². The zero-order valence-electron chi connectivity index (χ0n) is 8.74. The molecule has 80 valence electrons. The van der Waals surface area contributed by atoms with Gasteiger partial charge in [0.2, 0.25) is 0 Å². The van der Waals surface area contributed by atoms with Crippen LogP contribution in [0.2, 0.25) is 0 Å². The fourth-order valence-corrected chi connectivity index (χ4v) is 1.11. The van der Waals surface area contributed by atoms with Crippen molar-refractivity contribution in [3.8, 4) is 0 Å². The Morgan fingerprint density at radius 2 is 1.69 bits per heavy atom. The van der Waals surface area contributed by atoms with Crippen molar-refractivity contribution in [2.45, 2.75) is 52.9 Å². The molecule has 2 nitrogen and oxygen atoms in total. The first-order valence-electron chi connectivity index (χ1n) is 4.63. The van der Waals surface area contributed by atoms with E-state index < -0.39 is 5.97 Å². The molecule has 0 spiro atoms. The predicted octanol–water partition coefficient (Wildman–Crippen LogP) is 3.07. The smallest absolute Gasteiger partial charge is 0.303 e. The van der Waals surface area contributed by atoms with Gasteiger partial charge in [-0.3, -0.25) is 4.79 Å². The average molecular weight is 228 g/mol. The third kappa shape index (κ3) is 14.8. The molecule has 0 aliphatic carbocycles. The van der Waals surface area contributed by atoms with Crippen molar-refractivity contribution in [3.05, 3.63) is 0 Å². The summed E-state index contributed by atoms with van der Waals surface area (Å²) in [4.78, 5) is 10.2. The van der Waals surface area contributed by atoms with Crippen molar-refractivity contribution in [3.63, 3.8) is 0 Å². The summed E-state index contributed by atoms with van der Waals surface area (Å²) in [7, 11) is 0. The summed E-state index contributed by atoms with van der Waals surface area (Å²) >= 11 is 0. The minimum absolute atomic E-state index is 0. The van der Waals surface area contributed by atoms with Gasteiger partial charge in [0.15, 0.2) is 0 Å². The zero-order chi connectivity index (χ0) is 9.61. The summed E-state index contributed by atoms with van der Waals surface area (Å²) in [6, 6.07) is 0. The van der Waals surface area contributed by atoms with Crippen LogP contribution in [0.3, 0.4) is 0 Å². The molecule has 0 unspecified atom stereocenters. The molecule has 0 aliphatic heterocycles. The Labute approximate surface area is 91.6 Å². The molecule has 1 N–H and O–H groups in total. The van der Waals surface area contributed by atoms with E-state index in [0.29, 0.717) is 11.8 Å². The van der Waals surface area contributed by atoms with Crippen LogP contribution in [-0.2, 0) is 21.9 Å². The van der Waals surface area contributed by atoms with E-state index in [9.17, 15) is 4.79 Å². The minimum atomic E-state index is -0.675. The minimum Gasteiger partial charge on any atom is -0.481 e. The van der Waals surface area contributed by atoms with Crippen LogP contribution in [-0.4, -0.2) is 11.1 Å². The van der Waals surface area contributed by atoms with E-state index in [1.54, 1.807) is 0 Å². The number of hydrogen-bond acceptors (Lipinski definition) is 1. The molecule has 0 saturated carbocycles. The summed E-state index contributed by atoms with van der Waals surface area (Å²) in [5.74, 6) is -0.675. The van der Waals surface area contributed by atoms with Gasteiger partial charge >= 0.3 is 5.97 Å².